The Morgan fingerprint density at radius 1 is 1.35 bits per heavy atom. The molecule has 2 heterocycles. The Morgan fingerprint density at radius 2 is 2.09 bits per heavy atom. The lowest BCUT2D eigenvalue weighted by atomic mass is 10.1. The largest absolute Gasteiger partial charge is 0.476 e. The molecule has 0 radical (unpaired) electrons. The van der Waals surface area contributed by atoms with Crippen LogP contribution in [0.3, 0.4) is 0 Å². The summed E-state index contributed by atoms with van der Waals surface area (Å²) in [5.74, 6) is -1.44. The number of carbonyl (C=O) groups excluding carboxylic acids is 1. The monoisotopic (exact) mass is 318 g/mol. The van der Waals surface area contributed by atoms with E-state index in [1.807, 2.05) is 0 Å². The number of carboxylic acid groups (broad SMARTS) is 1. The van der Waals surface area contributed by atoms with Gasteiger partial charge in [-0.3, -0.25) is 5.10 Å². The highest BCUT2D eigenvalue weighted by Crippen LogP contribution is 2.20. The Labute approximate surface area is 131 Å². The molecule has 1 aliphatic heterocycles. The van der Waals surface area contributed by atoms with Crippen LogP contribution in [0, 0.1) is 5.82 Å². The Kier molecular flexibility index (Phi) is 3.96. The number of amides is 2. The van der Waals surface area contributed by atoms with Crippen molar-refractivity contribution in [2.75, 3.05) is 6.54 Å². The maximum Gasteiger partial charge on any atom is 0.356 e. The van der Waals surface area contributed by atoms with Gasteiger partial charge in [0.15, 0.2) is 5.69 Å². The van der Waals surface area contributed by atoms with Gasteiger partial charge in [0.1, 0.15) is 5.82 Å². The summed E-state index contributed by atoms with van der Waals surface area (Å²) in [6, 6.07) is 5.57. The molecule has 7 nitrogen and oxygen atoms in total. The van der Waals surface area contributed by atoms with E-state index in [-0.39, 0.29) is 30.6 Å². The SMILES string of the molecule is O=C(O)c1n[nH]c2c1CN(C(=O)NCc1ccc(F)cc1)CC2. The maximum absolute atomic E-state index is 12.8. The van der Waals surface area contributed by atoms with Gasteiger partial charge < -0.3 is 15.3 Å². The summed E-state index contributed by atoms with van der Waals surface area (Å²) in [6.45, 7) is 0.950. The van der Waals surface area contributed by atoms with Gasteiger partial charge in [-0.25, -0.2) is 14.0 Å². The molecule has 0 saturated carbocycles. The van der Waals surface area contributed by atoms with Crippen molar-refractivity contribution in [1.29, 1.82) is 0 Å². The molecule has 2 amide bonds. The van der Waals surface area contributed by atoms with Crippen molar-refractivity contribution in [3.05, 3.63) is 52.6 Å². The van der Waals surface area contributed by atoms with Gasteiger partial charge in [0.05, 0.1) is 6.54 Å². The van der Waals surface area contributed by atoms with Gasteiger partial charge in [-0.2, -0.15) is 5.10 Å². The molecule has 0 saturated heterocycles. The first-order chi connectivity index (χ1) is 11.0. The van der Waals surface area contributed by atoms with Gasteiger partial charge in [-0.15, -0.1) is 0 Å². The number of aromatic amines is 1. The standard InChI is InChI=1S/C15H15FN4O3/c16-10-3-1-9(2-4-10)7-17-15(23)20-6-5-12-11(8-20)13(14(21)22)19-18-12/h1-4H,5-8H2,(H,17,23)(H,18,19)(H,21,22). The number of rotatable bonds is 3. The van der Waals surface area contributed by atoms with E-state index in [4.69, 9.17) is 5.11 Å². The zero-order chi connectivity index (χ0) is 16.4. The fourth-order valence-electron chi connectivity index (χ4n) is 2.54. The second-order valence-electron chi connectivity index (χ2n) is 5.29. The molecule has 1 aromatic carbocycles. The zero-order valence-corrected chi connectivity index (χ0v) is 12.2. The molecular weight excluding hydrogens is 303 g/mol. The van der Waals surface area contributed by atoms with E-state index in [2.05, 4.69) is 15.5 Å². The molecule has 0 aliphatic carbocycles. The van der Waals surface area contributed by atoms with E-state index in [0.717, 1.165) is 11.3 Å². The van der Waals surface area contributed by atoms with E-state index >= 15 is 0 Å². The molecule has 0 fully saturated rings. The number of carboxylic acids is 1. The second kappa shape index (κ2) is 6.07. The number of urea groups is 1. The summed E-state index contributed by atoms with van der Waals surface area (Å²) in [6.07, 6.45) is 0.527. The average Bonchev–Trinajstić information content (AvgIpc) is 2.97. The number of aromatic nitrogens is 2. The number of halogens is 1. The topological polar surface area (TPSA) is 98.3 Å². The number of aromatic carboxylic acids is 1. The van der Waals surface area contributed by atoms with Crippen LogP contribution in [-0.2, 0) is 19.5 Å². The van der Waals surface area contributed by atoms with E-state index in [1.165, 1.54) is 17.0 Å². The number of fused-ring (bicyclic) bond motifs is 1. The van der Waals surface area contributed by atoms with Crippen molar-refractivity contribution in [2.24, 2.45) is 0 Å². The van der Waals surface area contributed by atoms with Crippen LogP contribution in [-0.4, -0.2) is 38.7 Å². The first-order valence-electron chi connectivity index (χ1n) is 7.11. The van der Waals surface area contributed by atoms with Gasteiger partial charge in [0.2, 0.25) is 0 Å². The Hall–Kier alpha value is -2.90. The third kappa shape index (κ3) is 3.15. The van der Waals surface area contributed by atoms with Gasteiger partial charge in [-0.1, -0.05) is 12.1 Å². The van der Waals surface area contributed by atoms with Crippen molar-refractivity contribution in [1.82, 2.24) is 20.4 Å². The Morgan fingerprint density at radius 3 is 2.78 bits per heavy atom. The lowest BCUT2D eigenvalue weighted by Gasteiger charge is -2.27. The molecule has 1 aliphatic rings. The smallest absolute Gasteiger partial charge is 0.356 e. The predicted molar refractivity (Wildman–Crippen MR) is 78.3 cm³/mol. The quantitative estimate of drug-likeness (QED) is 0.799. The van der Waals surface area contributed by atoms with Gasteiger partial charge in [-0.05, 0) is 17.7 Å². The number of hydrogen-bond acceptors (Lipinski definition) is 3. The Balaban J connectivity index is 1.63. The molecule has 8 heteroatoms. The van der Waals surface area contributed by atoms with Crippen LogP contribution in [0.2, 0.25) is 0 Å². The van der Waals surface area contributed by atoms with E-state index < -0.39 is 5.97 Å². The lowest BCUT2D eigenvalue weighted by molar-refractivity contribution is 0.0687. The second-order valence-corrected chi connectivity index (χ2v) is 5.29. The van der Waals surface area contributed by atoms with Crippen LogP contribution < -0.4 is 5.32 Å². The number of carbonyl (C=O) groups is 2. The van der Waals surface area contributed by atoms with Gasteiger partial charge in [0, 0.05) is 30.8 Å². The third-order valence-corrected chi connectivity index (χ3v) is 3.78. The number of hydrogen-bond donors (Lipinski definition) is 3. The van der Waals surface area contributed by atoms with Crippen LogP contribution in [0.25, 0.3) is 0 Å². The fourth-order valence-corrected chi connectivity index (χ4v) is 2.54. The minimum absolute atomic E-state index is 0.0453. The van der Waals surface area contributed by atoms with Gasteiger partial charge in [0.25, 0.3) is 0 Å². The summed E-state index contributed by atoms with van der Waals surface area (Å²) in [5, 5.41) is 18.3. The minimum atomic E-state index is -1.11. The highest BCUT2D eigenvalue weighted by molar-refractivity contribution is 5.87. The highest BCUT2D eigenvalue weighted by atomic mass is 19.1. The average molecular weight is 318 g/mol. The molecule has 2 aromatic rings. The molecule has 0 unspecified atom stereocenters. The summed E-state index contributed by atoms with van der Waals surface area (Å²) in [5.41, 5.74) is 2.04. The van der Waals surface area contributed by atoms with Crippen molar-refractivity contribution in [3.63, 3.8) is 0 Å². The molecule has 3 N–H and O–H groups in total. The highest BCUT2D eigenvalue weighted by Gasteiger charge is 2.27. The maximum atomic E-state index is 12.8. The molecule has 1 aromatic heterocycles. The van der Waals surface area contributed by atoms with Crippen LogP contribution in [0.1, 0.15) is 27.3 Å². The van der Waals surface area contributed by atoms with Crippen molar-refractivity contribution < 1.29 is 19.1 Å². The first-order valence-corrected chi connectivity index (χ1v) is 7.11. The fraction of sp³-hybridized carbons (Fsp3) is 0.267. The zero-order valence-electron chi connectivity index (χ0n) is 12.2. The summed E-state index contributed by atoms with van der Waals surface area (Å²) in [4.78, 5) is 24.9. The molecule has 3 rings (SSSR count). The van der Waals surface area contributed by atoms with E-state index in [1.54, 1.807) is 12.1 Å². The van der Waals surface area contributed by atoms with Gasteiger partial charge >= 0.3 is 12.0 Å². The molecule has 0 spiro atoms. The Bertz CT molecular complexity index is 742. The third-order valence-electron chi connectivity index (χ3n) is 3.78. The molecule has 120 valence electrons. The molecule has 0 atom stereocenters. The van der Waals surface area contributed by atoms with Crippen LogP contribution in [0.4, 0.5) is 9.18 Å². The van der Waals surface area contributed by atoms with Crippen molar-refractivity contribution in [3.8, 4) is 0 Å². The molecule has 0 bridgehead atoms. The number of nitrogens with one attached hydrogen (secondary N) is 2. The minimum Gasteiger partial charge on any atom is -0.476 e. The normalized spacial score (nSPS) is 13.5. The van der Waals surface area contributed by atoms with Crippen LogP contribution in [0.5, 0.6) is 0 Å². The predicted octanol–water partition coefficient (Wildman–Crippen LogP) is 1.51. The molecular formula is C15H15FN4O3. The first kappa shape index (κ1) is 15.0. The van der Waals surface area contributed by atoms with Crippen molar-refractivity contribution in [2.45, 2.75) is 19.5 Å². The van der Waals surface area contributed by atoms with E-state index in [9.17, 15) is 14.0 Å². The summed E-state index contributed by atoms with van der Waals surface area (Å²) in [7, 11) is 0. The van der Waals surface area contributed by atoms with E-state index in [0.29, 0.717) is 18.5 Å². The molecule has 23 heavy (non-hydrogen) atoms. The summed E-state index contributed by atoms with van der Waals surface area (Å²) >= 11 is 0. The van der Waals surface area contributed by atoms with Crippen LogP contribution in [0.15, 0.2) is 24.3 Å². The lowest BCUT2D eigenvalue weighted by Crippen LogP contribution is -2.42. The number of benzene rings is 1. The number of H-pyrrole nitrogens is 1. The number of nitrogens with zero attached hydrogens (tertiary/aromatic N) is 2. The van der Waals surface area contributed by atoms with Crippen LogP contribution >= 0.6 is 0 Å². The summed E-state index contributed by atoms with van der Waals surface area (Å²) < 4.78 is 12.8. The van der Waals surface area contributed by atoms with Crippen molar-refractivity contribution >= 4 is 12.0 Å².